The van der Waals surface area contributed by atoms with Crippen molar-refractivity contribution in [2.45, 2.75) is 75.6 Å². The van der Waals surface area contributed by atoms with Gasteiger partial charge >= 0.3 is 0 Å². The number of allylic oxidation sites excluding steroid dienone is 4. The highest BCUT2D eigenvalue weighted by molar-refractivity contribution is 6.01. The Morgan fingerprint density at radius 1 is 1.05 bits per heavy atom. The van der Waals surface area contributed by atoms with E-state index in [4.69, 9.17) is 15.2 Å². The first-order valence-electron chi connectivity index (χ1n) is 17.0. The second-order valence-corrected chi connectivity index (χ2v) is 17.0. The second kappa shape index (κ2) is 7.36. The van der Waals surface area contributed by atoms with Crippen LogP contribution in [0.3, 0.4) is 0 Å². The van der Waals surface area contributed by atoms with Crippen molar-refractivity contribution in [3.8, 4) is 0 Å². The molecule has 1 heterocycles. The summed E-state index contributed by atoms with van der Waals surface area (Å²) in [5.74, 6) is 4.95. The average Bonchev–Trinajstić information content (AvgIpc) is 3.52. The molecule has 1 saturated heterocycles. The van der Waals surface area contributed by atoms with E-state index in [2.05, 4.69) is 38.1 Å². The van der Waals surface area contributed by atoms with Crippen molar-refractivity contribution in [3.63, 3.8) is 0 Å². The third-order valence-electron chi connectivity index (χ3n) is 16.5. The molecule has 1 aromatic carbocycles. The van der Waals surface area contributed by atoms with Gasteiger partial charge in [-0.2, -0.15) is 0 Å². The smallest absolute Gasteiger partial charge is 0.193 e. The van der Waals surface area contributed by atoms with E-state index in [0.29, 0.717) is 18.3 Å². The number of hydrogen-bond acceptors (Lipinski definition) is 7. The van der Waals surface area contributed by atoms with Gasteiger partial charge in [0, 0.05) is 27.9 Å². The van der Waals surface area contributed by atoms with E-state index < -0.39 is 36.1 Å². The van der Waals surface area contributed by atoms with Crippen molar-refractivity contribution in [2.24, 2.45) is 75.2 Å². The Balaban J connectivity index is 0.876. The van der Waals surface area contributed by atoms with Crippen molar-refractivity contribution in [1.29, 1.82) is 0 Å². The number of rotatable bonds is 5. The SMILES string of the molecule is C[C@]12C=CC(=O)C=C1CC[C@@H]1[C@@H]2[C@@H](O)C[C@@]2(C)[C@H]1C[C@H]1O[C@@H](c3ccc(CC45C6C7C4C4C5C6C74N)cc3)O[C@]12C(=O)CO. The summed E-state index contributed by atoms with van der Waals surface area (Å²) in [6, 6.07) is 8.63. The van der Waals surface area contributed by atoms with E-state index in [-0.39, 0.29) is 40.3 Å². The molecular formula is C37H41NO6. The number of benzene rings is 1. The first kappa shape index (κ1) is 26.0. The summed E-state index contributed by atoms with van der Waals surface area (Å²) in [5.41, 5.74) is 8.39. The summed E-state index contributed by atoms with van der Waals surface area (Å²) in [6.07, 6.45) is 7.39. The van der Waals surface area contributed by atoms with Gasteiger partial charge in [0.15, 0.2) is 23.5 Å². The second-order valence-electron chi connectivity index (χ2n) is 17.0. The number of ether oxygens (including phenoxy) is 2. The third-order valence-corrected chi connectivity index (χ3v) is 16.5. The van der Waals surface area contributed by atoms with E-state index in [0.717, 1.165) is 65.9 Å². The van der Waals surface area contributed by atoms with Crippen LogP contribution in [0.2, 0.25) is 0 Å². The van der Waals surface area contributed by atoms with E-state index in [1.54, 1.807) is 12.2 Å². The highest BCUT2D eigenvalue weighted by Crippen LogP contribution is 3.06. The van der Waals surface area contributed by atoms with Gasteiger partial charge in [-0.15, -0.1) is 0 Å². The van der Waals surface area contributed by atoms with Crippen molar-refractivity contribution < 1.29 is 29.3 Å². The summed E-state index contributed by atoms with van der Waals surface area (Å²) in [4.78, 5) is 26.0. The number of carbonyl (C=O) groups excluding carboxylic acids is 2. The average molecular weight is 596 g/mol. The lowest BCUT2D eigenvalue weighted by Gasteiger charge is -3.11. The highest BCUT2D eigenvalue weighted by Gasteiger charge is 3.08. The van der Waals surface area contributed by atoms with Crippen LogP contribution in [0.1, 0.15) is 56.9 Å². The fourth-order valence-electron chi connectivity index (χ4n) is 15.2. The number of hydrogen-bond donors (Lipinski definition) is 3. The van der Waals surface area contributed by atoms with Crippen LogP contribution in [0, 0.1) is 69.5 Å². The van der Waals surface area contributed by atoms with Gasteiger partial charge in [-0.1, -0.05) is 49.8 Å². The molecule has 4 N–H and O–H groups in total. The van der Waals surface area contributed by atoms with E-state index in [1.165, 1.54) is 5.56 Å². The number of aliphatic hydroxyl groups excluding tert-OH is 2. The minimum atomic E-state index is -1.32. The Labute approximate surface area is 257 Å². The Kier molecular flexibility index (Phi) is 4.34. The van der Waals surface area contributed by atoms with Crippen molar-refractivity contribution in [3.05, 3.63) is 59.2 Å². The van der Waals surface area contributed by atoms with Gasteiger partial charge in [0.25, 0.3) is 0 Å². The quantitative estimate of drug-likeness (QED) is 0.478. The molecule has 1 aromatic rings. The molecule has 0 aromatic heterocycles. The minimum absolute atomic E-state index is 0.0170. The van der Waals surface area contributed by atoms with Gasteiger partial charge in [-0.05, 0) is 103 Å². The fourth-order valence-corrected chi connectivity index (χ4v) is 15.2. The normalized spacial score (nSPS) is 60.2. The number of carbonyl (C=O) groups is 2. The van der Waals surface area contributed by atoms with Crippen LogP contribution < -0.4 is 5.73 Å². The highest BCUT2D eigenvalue weighted by atomic mass is 16.7. The Morgan fingerprint density at radius 3 is 2.43 bits per heavy atom. The van der Waals surface area contributed by atoms with Crippen molar-refractivity contribution >= 4 is 11.6 Å². The van der Waals surface area contributed by atoms with Crippen LogP contribution in [0.15, 0.2) is 48.1 Å². The van der Waals surface area contributed by atoms with E-state index in [1.807, 2.05) is 6.08 Å². The monoisotopic (exact) mass is 595 g/mol. The van der Waals surface area contributed by atoms with Gasteiger partial charge < -0.3 is 25.4 Å². The molecule has 0 radical (unpaired) electrons. The lowest BCUT2D eigenvalue weighted by molar-refractivity contribution is -0.620. The van der Waals surface area contributed by atoms with Crippen molar-refractivity contribution in [1.82, 2.24) is 0 Å². The predicted octanol–water partition coefficient (Wildman–Crippen LogP) is 3.28. The molecule has 0 bridgehead atoms. The molecule has 230 valence electrons. The molecule has 9 saturated carbocycles. The van der Waals surface area contributed by atoms with E-state index >= 15 is 0 Å². The summed E-state index contributed by atoms with van der Waals surface area (Å²) < 4.78 is 13.4. The zero-order chi connectivity index (χ0) is 29.9. The standard InChI is InChI=1S/C37H41NO6/c1-33-10-9-19(40)11-18(33)7-8-20-21-12-24-37(23(42)15-39,34(21,2)14-22(41)25(20)33)44-32(43-24)17-5-3-16(4-6-17)13-35-26-29-27(35)31-28(35)30(26)36(29,31)38/h3-6,9-11,20-22,24-32,39,41H,7-8,12-15,38H2,1-2H3/t20-,21-,22-,24+,25+,26?,27?,28?,29?,30?,31?,32+,33-,34-,35?,36?,37+/m0/s1. The number of nitrogens with two attached hydrogens (primary N) is 1. The zero-order valence-corrected chi connectivity index (χ0v) is 25.3. The summed E-state index contributed by atoms with van der Waals surface area (Å²) in [5, 5.41) is 22.1. The predicted molar refractivity (Wildman–Crippen MR) is 157 cm³/mol. The summed E-state index contributed by atoms with van der Waals surface area (Å²) in [7, 11) is 0. The largest absolute Gasteiger partial charge is 0.393 e. The first-order valence-corrected chi connectivity index (χ1v) is 17.0. The molecule has 1 aliphatic heterocycles. The first-order chi connectivity index (χ1) is 21.1. The van der Waals surface area contributed by atoms with Gasteiger partial charge in [-0.3, -0.25) is 9.59 Å². The molecule has 10 aliphatic carbocycles. The Morgan fingerprint density at radius 2 is 1.75 bits per heavy atom. The molecule has 9 atom stereocenters. The van der Waals surface area contributed by atoms with Gasteiger partial charge in [0.2, 0.25) is 0 Å². The topological polar surface area (TPSA) is 119 Å². The van der Waals surface area contributed by atoms with Crippen LogP contribution in [0.5, 0.6) is 0 Å². The maximum absolute atomic E-state index is 13.8. The summed E-state index contributed by atoms with van der Waals surface area (Å²) >= 11 is 0. The Hall–Kier alpha value is -2.16. The number of ketones is 2. The molecule has 11 aliphatic rings. The van der Waals surface area contributed by atoms with E-state index in [9.17, 15) is 19.8 Å². The van der Waals surface area contributed by atoms with Gasteiger partial charge in [-0.25, -0.2) is 0 Å². The third kappa shape index (κ3) is 2.27. The number of fused-ring (bicyclic) bond motifs is 7. The van der Waals surface area contributed by atoms with Crippen LogP contribution >= 0.6 is 0 Å². The molecule has 7 nitrogen and oxygen atoms in total. The lowest BCUT2D eigenvalue weighted by atomic mass is 8.94. The zero-order valence-electron chi connectivity index (χ0n) is 25.3. The Bertz CT molecular complexity index is 1590. The van der Waals surface area contributed by atoms with Crippen LogP contribution in [0.25, 0.3) is 0 Å². The maximum atomic E-state index is 13.8. The molecule has 0 spiro atoms. The van der Waals surface area contributed by atoms with Crippen molar-refractivity contribution in [2.75, 3.05) is 6.61 Å². The molecule has 12 rings (SSSR count). The molecular weight excluding hydrogens is 554 g/mol. The summed E-state index contributed by atoms with van der Waals surface area (Å²) in [6.45, 7) is 3.62. The van der Waals surface area contributed by atoms with Crippen LogP contribution in [0.4, 0.5) is 0 Å². The molecule has 44 heavy (non-hydrogen) atoms. The van der Waals surface area contributed by atoms with Crippen LogP contribution in [-0.4, -0.2) is 51.7 Å². The molecule has 10 fully saturated rings. The number of Topliss-reactive ketones (excluding diaryl/α,β-unsaturated/α-hetero) is 1. The van der Waals surface area contributed by atoms with Gasteiger partial charge in [0.1, 0.15) is 6.61 Å². The van der Waals surface area contributed by atoms with Gasteiger partial charge in [0.05, 0.1) is 12.2 Å². The maximum Gasteiger partial charge on any atom is 0.193 e. The lowest BCUT2D eigenvalue weighted by Crippen LogP contribution is -3.14. The molecule has 7 heteroatoms. The molecule has 0 unspecified atom stereocenters. The fraction of sp³-hybridized carbons (Fsp3) is 0.676. The minimum Gasteiger partial charge on any atom is -0.393 e. The number of aliphatic hydroxyl groups is 2. The van der Waals surface area contributed by atoms with Crippen LogP contribution in [-0.2, 0) is 25.5 Å². The molecule has 0 amide bonds.